The van der Waals surface area contributed by atoms with Gasteiger partial charge in [0.05, 0.1) is 28.8 Å². The number of hydrogen-bond donors (Lipinski definition) is 2. The van der Waals surface area contributed by atoms with E-state index in [-0.39, 0.29) is 34.2 Å². The van der Waals surface area contributed by atoms with Gasteiger partial charge >= 0.3 is 0 Å². The number of fused-ring (bicyclic) bond motifs is 3. The van der Waals surface area contributed by atoms with Gasteiger partial charge in [0.15, 0.2) is 0 Å². The van der Waals surface area contributed by atoms with E-state index in [1.165, 1.54) is 12.1 Å². The SMILES string of the molecule is CCOc1ccccc1C1Nc2c(O)ccc([N+](=O)[O-])c2C2C=CCC21. The zero-order valence-corrected chi connectivity index (χ0v) is 14.4. The highest BCUT2D eigenvalue weighted by Gasteiger charge is 2.43. The lowest BCUT2D eigenvalue weighted by atomic mass is 9.76. The number of phenolic OH excluding ortho intramolecular Hbond substituents is 1. The maximum Gasteiger partial charge on any atom is 0.275 e. The molecule has 1 aliphatic heterocycles. The van der Waals surface area contributed by atoms with Crippen LogP contribution < -0.4 is 10.1 Å². The molecule has 26 heavy (non-hydrogen) atoms. The van der Waals surface area contributed by atoms with Crippen LogP contribution in [0.3, 0.4) is 0 Å². The maximum atomic E-state index is 11.5. The molecule has 2 aromatic carbocycles. The van der Waals surface area contributed by atoms with Crippen molar-refractivity contribution in [1.29, 1.82) is 0 Å². The standard InChI is InChI=1S/C20H20N2O4/c1-2-26-17-9-4-3-6-14(17)19-13-8-5-7-12(13)18-15(22(24)25)10-11-16(23)20(18)21-19/h3-7,9-13,19,21,23H,2,8H2,1H3. The van der Waals surface area contributed by atoms with Crippen LogP contribution in [0.1, 0.15) is 36.4 Å². The largest absolute Gasteiger partial charge is 0.506 e. The summed E-state index contributed by atoms with van der Waals surface area (Å²) in [6, 6.07) is 10.5. The van der Waals surface area contributed by atoms with E-state index in [1.54, 1.807) is 0 Å². The first-order chi connectivity index (χ1) is 12.6. The molecule has 0 aromatic heterocycles. The van der Waals surface area contributed by atoms with Crippen LogP contribution in [0.25, 0.3) is 0 Å². The normalized spacial score (nSPS) is 23.0. The van der Waals surface area contributed by atoms with Gasteiger partial charge in [-0.1, -0.05) is 30.4 Å². The van der Waals surface area contributed by atoms with Gasteiger partial charge in [-0.25, -0.2) is 0 Å². The van der Waals surface area contributed by atoms with E-state index < -0.39 is 0 Å². The van der Waals surface area contributed by atoms with Crippen molar-refractivity contribution in [3.63, 3.8) is 0 Å². The molecule has 2 aromatic rings. The van der Waals surface area contributed by atoms with Crippen molar-refractivity contribution in [3.8, 4) is 11.5 Å². The molecule has 3 atom stereocenters. The smallest absolute Gasteiger partial charge is 0.275 e. The molecule has 6 nitrogen and oxygen atoms in total. The molecule has 2 N–H and O–H groups in total. The molecule has 0 saturated heterocycles. The van der Waals surface area contributed by atoms with Crippen molar-refractivity contribution in [3.05, 3.63) is 69.8 Å². The predicted molar refractivity (Wildman–Crippen MR) is 98.7 cm³/mol. The number of aromatic hydroxyl groups is 1. The number of nitrogens with one attached hydrogen (secondary N) is 1. The summed E-state index contributed by atoms with van der Waals surface area (Å²) < 4.78 is 5.79. The highest BCUT2D eigenvalue weighted by atomic mass is 16.6. The van der Waals surface area contributed by atoms with Crippen molar-refractivity contribution >= 4 is 11.4 Å². The number of rotatable bonds is 4. The molecule has 0 radical (unpaired) electrons. The van der Waals surface area contributed by atoms with Crippen molar-refractivity contribution in [2.75, 3.05) is 11.9 Å². The van der Waals surface area contributed by atoms with Gasteiger partial charge in [-0.3, -0.25) is 10.1 Å². The molecule has 1 heterocycles. The number of phenols is 1. The second kappa shape index (κ2) is 6.37. The van der Waals surface area contributed by atoms with Gasteiger partial charge in [-0.2, -0.15) is 0 Å². The summed E-state index contributed by atoms with van der Waals surface area (Å²) in [6.07, 6.45) is 4.90. The number of hydrogen-bond acceptors (Lipinski definition) is 5. The van der Waals surface area contributed by atoms with E-state index in [1.807, 2.05) is 37.3 Å². The van der Waals surface area contributed by atoms with E-state index >= 15 is 0 Å². The lowest BCUT2D eigenvalue weighted by Crippen LogP contribution is -2.30. The van der Waals surface area contributed by atoms with Gasteiger partial charge in [0.25, 0.3) is 5.69 Å². The quantitative estimate of drug-likeness (QED) is 0.366. The minimum Gasteiger partial charge on any atom is -0.506 e. The second-order valence-electron chi connectivity index (χ2n) is 6.60. The molecule has 0 spiro atoms. The highest BCUT2D eigenvalue weighted by molar-refractivity contribution is 5.73. The lowest BCUT2D eigenvalue weighted by molar-refractivity contribution is -0.385. The van der Waals surface area contributed by atoms with Gasteiger partial charge in [0, 0.05) is 17.5 Å². The predicted octanol–water partition coefficient (Wildman–Crippen LogP) is 4.53. The Kier molecular flexibility index (Phi) is 4.03. The number of anilines is 1. The van der Waals surface area contributed by atoms with E-state index in [2.05, 4.69) is 11.4 Å². The summed E-state index contributed by atoms with van der Waals surface area (Å²) in [6.45, 7) is 2.50. The highest BCUT2D eigenvalue weighted by Crippen LogP contribution is 2.55. The topological polar surface area (TPSA) is 84.6 Å². The van der Waals surface area contributed by atoms with Crippen LogP contribution in [-0.2, 0) is 0 Å². The van der Waals surface area contributed by atoms with Gasteiger partial charge in [0.2, 0.25) is 0 Å². The van der Waals surface area contributed by atoms with Crippen LogP contribution >= 0.6 is 0 Å². The van der Waals surface area contributed by atoms with Crippen molar-refractivity contribution in [1.82, 2.24) is 0 Å². The number of ether oxygens (including phenoxy) is 1. The molecule has 1 aliphatic carbocycles. The molecule has 0 bridgehead atoms. The summed E-state index contributed by atoms with van der Waals surface area (Å²) in [5.74, 6) is 0.845. The molecule has 4 rings (SSSR count). The first-order valence-electron chi connectivity index (χ1n) is 8.77. The average molecular weight is 352 g/mol. The molecule has 2 aliphatic rings. The third-order valence-electron chi connectivity index (χ3n) is 5.23. The van der Waals surface area contributed by atoms with E-state index in [0.717, 1.165) is 17.7 Å². The number of nitro benzene ring substituents is 1. The zero-order valence-electron chi connectivity index (χ0n) is 14.4. The summed E-state index contributed by atoms with van der Waals surface area (Å²) in [7, 11) is 0. The molecular formula is C20H20N2O4. The molecular weight excluding hydrogens is 332 g/mol. The Balaban J connectivity index is 1.86. The molecule has 0 amide bonds. The number of benzene rings is 2. The van der Waals surface area contributed by atoms with Crippen LogP contribution in [0.5, 0.6) is 11.5 Å². The fourth-order valence-corrected chi connectivity index (χ4v) is 4.17. The van der Waals surface area contributed by atoms with Gasteiger partial charge < -0.3 is 15.2 Å². The number of para-hydroxylation sites is 1. The minimum absolute atomic E-state index is 0.0308. The third-order valence-corrected chi connectivity index (χ3v) is 5.23. The van der Waals surface area contributed by atoms with Gasteiger partial charge in [-0.15, -0.1) is 0 Å². The summed E-state index contributed by atoms with van der Waals surface area (Å²) in [5, 5.41) is 25.3. The fraction of sp³-hybridized carbons (Fsp3) is 0.300. The Morgan fingerprint density at radius 1 is 1.31 bits per heavy atom. The Morgan fingerprint density at radius 2 is 2.12 bits per heavy atom. The van der Waals surface area contributed by atoms with Gasteiger partial charge in [-0.05, 0) is 31.4 Å². The Hall–Kier alpha value is -3.02. The average Bonchev–Trinajstić information content (AvgIpc) is 3.12. The molecule has 6 heteroatoms. The zero-order chi connectivity index (χ0) is 18.3. The Morgan fingerprint density at radius 3 is 2.88 bits per heavy atom. The summed E-state index contributed by atoms with van der Waals surface area (Å²) in [4.78, 5) is 11.1. The van der Waals surface area contributed by atoms with Crippen LogP contribution in [0.4, 0.5) is 11.4 Å². The molecule has 0 saturated carbocycles. The Bertz CT molecular complexity index is 893. The maximum absolute atomic E-state index is 11.5. The first kappa shape index (κ1) is 16.4. The van der Waals surface area contributed by atoms with Gasteiger partial charge in [0.1, 0.15) is 11.5 Å². The molecule has 134 valence electrons. The number of nitrogens with zero attached hydrogens (tertiary/aromatic N) is 1. The number of nitro groups is 1. The Labute approximate surface area is 151 Å². The van der Waals surface area contributed by atoms with Crippen LogP contribution in [0.15, 0.2) is 48.6 Å². The lowest BCUT2D eigenvalue weighted by Gasteiger charge is -2.37. The fourth-order valence-electron chi connectivity index (χ4n) is 4.17. The minimum atomic E-state index is -0.377. The molecule has 0 fully saturated rings. The summed E-state index contributed by atoms with van der Waals surface area (Å²) in [5.41, 5.74) is 2.06. The monoisotopic (exact) mass is 352 g/mol. The van der Waals surface area contributed by atoms with Crippen molar-refractivity contribution < 1.29 is 14.8 Å². The first-order valence-corrected chi connectivity index (χ1v) is 8.77. The van der Waals surface area contributed by atoms with Crippen molar-refractivity contribution in [2.45, 2.75) is 25.3 Å². The molecule has 3 unspecified atom stereocenters. The van der Waals surface area contributed by atoms with E-state index in [4.69, 9.17) is 4.74 Å². The number of allylic oxidation sites excluding steroid dienone is 2. The summed E-state index contributed by atoms with van der Waals surface area (Å²) >= 11 is 0. The van der Waals surface area contributed by atoms with Crippen molar-refractivity contribution in [2.24, 2.45) is 5.92 Å². The van der Waals surface area contributed by atoms with Crippen LogP contribution in [0, 0.1) is 16.0 Å². The second-order valence-corrected chi connectivity index (χ2v) is 6.60. The van der Waals surface area contributed by atoms with E-state index in [9.17, 15) is 15.2 Å². The van der Waals surface area contributed by atoms with E-state index in [0.29, 0.717) is 17.9 Å². The van der Waals surface area contributed by atoms with Crippen LogP contribution in [0.2, 0.25) is 0 Å². The van der Waals surface area contributed by atoms with Crippen LogP contribution in [-0.4, -0.2) is 16.6 Å². The third kappa shape index (κ3) is 2.49.